The molecule has 0 unspecified atom stereocenters. The lowest BCUT2D eigenvalue weighted by Crippen LogP contribution is -2.46. The molecule has 19 heavy (non-hydrogen) atoms. The van der Waals surface area contributed by atoms with Gasteiger partial charge in [0.2, 0.25) is 0 Å². The number of carbonyl (C=O) groups is 1. The molecule has 0 atom stereocenters. The molecule has 0 aromatic heterocycles. The van der Waals surface area contributed by atoms with Crippen molar-refractivity contribution in [1.82, 2.24) is 8.77 Å². The van der Waals surface area contributed by atoms with Crippen LogP contribution in [0.15, 0.2) is 0 Å². The highest BCUT2D eigenvalue weighted by atomic mass is 32.2. The summed E-state index contributed by atoms with van der Waals surface area (Å²) in [6, 6.07) is 0. The van der Waals surface area contributed by atoms with Crippen molar-refractivity contribution in [3.8, 4) is 0 Å². The van der Waals surface area contributed by atoms with Gasteiger partial charge in [0, 0.05) is 19.6 Å². The quantitative estimate of drug-likeness (QED) is 0.689. The number of carbonyl (C=O) groups excluding carboxylic acids is 1. The summed E-state index contributed by atoms with van der Waals surface area (Å²) in [5.41, 5.74) is 0. The van der Waals surface area contributed by atoms with Crippen molar-refractivity contribution in [2.24, 2.45) is 5.92 Å². The summed E-state index contributed by atoms with van der Waals surface area (Å²) in [4.78, 5) is 16.7. The van der Waals surface area contributed by atoms with Gasteiger partial charge >= 0.3 is 16.2 Å². The highest BCUT2D eigenvalue weighted by Gasteiger charge is 2.37. The van der Waals surface area contributed by atoms with Crippen LogP contribution in [0.2, 0.25) is 0 Å². The third-order valence-electron chi connectivity index (χ3n) is 3.38. The Morgan fingerprint density at radius 3 is 2.53 bits per heavy atom. The SMILES string of the molecule is CCOC(=O)C1CCN(S(=O)(=O)N2CCCO2)CC1. The average Bonchev–Trinajstić information content (AvgIpc) is 2.94. The Hall–Kier alpha value is -0.700. The topological polar surface area (TPSA) is 76.2 Å². The van der Waals surface area contributed by atoms with Gasteiger partial charge in [-0.25, -0.2) is 0 Å². The summed E-state index contributed by atoms with van der Waals surface area (Å²) >= 11 is 0. The van der Waals surface area contributed by atoms with Gasteiger partial charge in [0.05, 0.1) is 19.1 Å². The number of nitrogens with zero attached hydrogens (tertiary/aromatic N) is 2. The fourth-order valence-corrected chi connectivity index (χ4v) is 3.82. The van der Waals surface area contributed by atoms with Gasteiger partial charge in [-0.2, -0.15) is 12.7 Å². The summed E-state index contributed by atoms with van der Waals surface area (Å²) in [5, 5.41) is 0. The van der Waals surface area contributed by atoms with Crippen LogP contribution < -0.4 is 0 Å². The standard InChI is InChI=1S/C11H20N2O5S/c1-2-17-11(14)10-4-7-12(8-5-10)19(15,16)13-6-3-9-18-13/h10H,2-9H2,1H3. The van der Waals surface area contributed by atoms with E-state index in [-0.39, 0.29) is 11.9 Å². The van der Waals surface area contributed by atoms with Gasteiger partial charge in [0.15, 0.2) is 0 Å². The first kappa shape index (κ1) is 14.7. The van der Waals surface area contributed by atoms with Gasteiger partial charge in [0.1, 0.15) is 0 Å². The molecule has 0 N–H and O–H groups in total. The van der Waals surface area contributed by atoms with E-state index in [0.717, 1.165) is 10.9 Å². The van der Waals surface area contributed by atoms with Crippen molar-refractivity contribution in [3.63, 3.8) is 0 Å². The largest absolute Gasteiger partial charge is 0.466 e. The van der Waals surface area contributed by atoms with E-state index in [1.807, 2.05) is 0 Å². The van der Waals surface area contributed by atoms with E-state index in [9.17, 15) is 13.2 Å². The molecule has 2 aliphatic rings. The maximum absolute atomic E-state index is 12.2. The van der Waals surface area contributed by atoms with E-state index in [0.29, 0.717) is 45.7 Å². The van der Waals surface area contributed by atoms with Crippen LogP contribution in [0.3, 0.4) is 0 Å². The Balaban J connectivity index is 1.90. The van der Waals surface area contributed by atoms with E-state index in [4.69, 9.17) is 9.57 Å². The van der Waals surface area contributed by atoms with Crippen molar-refractivity contribution in [3.05, 3.63) is 0 Å². The van der Waals surface area contributed by atoms with Gasteiger partial charge in [0.25, 0.3) is 0 Å². The predicted molar refractivity (Wildman–Crippen MR) is 67.1 cm³/mol. The van der Waals surface area contributed by atoms with Crippen LogP contribution in [0.25, 0.3) is 0 Å². The molecule has 0 aromatic carbocycles. The van der Waals surface area contributed by atoms with Crippen LogP contribution in [-0.2, 0) is 24.6 Å². The lowest BCUT2D eigenvalue weighted by Gasteiger charge is -2.31. The molecule has 2 aliphatic heterocycles. The summed E-state index contributed by atoms with van der Waals surface area (Å²) in [6.45, 7) is 3.65. The van der Waals surface area contributed by atoms with E-state index < -0.39 is 10.2 Å². The first-order valence-electron chi connectivity index (χ1n) is 6.63. The molecule has 0 aliphatic carbocycles. The normalized spacial score (nSPS) is 23.6. The molecule has 2 saturated heterocycles. The molecule has 0 amide bonds. The number of hydroxylamine groups is 1. The average molecular weight is 292 g/mol. The van der Waals surface area contributed by atoms with Crippen molar-refractivity contribution in [2.75, 3.05) is 32.8 Å². The Morgan fingerprint density at radius 2 is 2.00 bits per heavy atom. The number of piperidine rings is 1. The van der Waals surface area contributed by atoms with E-state index >= 15 is 0 Å². The van der Waals surface area contributed by atoms with Gasteiger partial charge in [-0.3, -0.25) is 9.63 Å². The zero-order valence-electron chi connectivity index (χ0n) is 11.1. The van der Waals surface area contributed by atoms with Crippen LogP contribution >= 0.6 is 0 Å². The Morgan fingerprint density at radius 1 is 1.32 bits per heavy atom. The van der Waals surface area contributed by atoms with Crippen molar-refractivity contribution >= 4 is 16.2 Å². The van der Waals surface area contributed by atoms with Gasteiger partial charge in [-0.1, -0.05) is 4.47 Å². The van der Waals surface area contributed by atoms with E-state index in [2.05, 4.69) is 0 Å². The smallest absolute Gasteiger partial charge is 0.309 e. The molecule has 7 nitrogen and oxygen atoms in total. The highest BCUT2D eigenvalue weighted by Crippen LogP contribution is 2.23. The molecular formula is C11H20N2O5S. The number of hydrogen-bond acceptors (Lipinski definition) is 5. The second-order valence-electron chi connectivity index (χ2n) is 4.65. The fraction of sp³-hybridized carbons (Fsp3) is 0.909. The second-order valence-corrected chi connectivity index (χ2v) is 6.47. The Labute approximate surface area is 113 Å². The lowest BCUT2D eigenvalue weighted by molar-refractivity contribution is -0.149. The van der Waals surface area contributed by atoms with Crippen molar-refractivity contribution in [1.29, 1.82) is 0 Å². The zero-order valence-corrected chi connectivity index (χ0v) is 11.9. The minimum atomic E-state index is -3.53. The predicted octanol–water partition coefficient (Wildman–Crippen LogP) is 0.144. The van der Waals surface area contributed by atoms with Crippen molar-refractivity contribution < 1.29 is 22.8 Å². The minimum Gasteiger partial charge on any atom is -0.466 e. The molecule has 0 aromatic rings. The summed E-state index contributed by atoms with van der Waals surface area (Å²) in [6.07, 6.45) is 1.73. The molecule has 0 spiro atoms. The van der Waals surface area contributed by atoms with Crippen LogP contribution in [0, 0.1) is 5.92 Å². The Bertz CT molecular complexity index is 411. The number of ether oxygens (including phenoxy) is 1. The second kappa shape index (κ2) is 6.17. The molecule has 0 radical (unpaired) electrons. The van der Waals surface area contributed by atoms with Gasteiger partial charge in [-0.05, 0) is 26.2 Å². The maximum Gasteiger partial charge on any atom is 0.309 e. The summed E-state index contributed by atoms with van der Waals surface area (Å²) in [7, 11) is -3.53. The first-order valence-corrected chi connectivity index (χ1v) is 8.02. The van der Waals surface area contributed by atoms with E-state index in [1.54, 1.807) is 6.92 Å². The summed E-state index contributed by atoms with van der Waals surface area (Å²) in [5.74, 6) is -0.414. The van der Waals surface area contributed by atoms with Crippen molar-refractivity contribution in [2.45, 2.75) is 26.2 Å². The van der Waals surface area contributed by atoms with Crippen LogP contribution in [-0.4, -0.2) is 56.0 Å². The first-order chi connectivity index (χ1) is 9.05. The molecule has 110 valence electrons. The molecule has 2 fully saturated rings. The molecule has 0 bridgehead atoms. The van der Waals surface area contributed by atoms with E-state index in [1.165, 1.54) is 4.31 Å². The lowest BCUT2D eigenvalue weighted by atomic mass is 9.98. The third kappa shape index (κ3) is 3.25. The summed E-state index contributed by atoms with van der Waals surface area (Å²) < 4.78 is 31.8. The molecule has 2 heterocycles. The van der Waals surface area contributed by atoms with Crippen LogP contribution in [0.1, 0.15) is 26.2 Å². The van der Waals surface area contributed by atoms with Crippen LogP contribution in [0.4, 0.5) is 0 Å². The highest BCUT2D eigenvalue weighted by molar-refractivity contribution is 7.86. The van der Waals surface area contributed by atoms with Crippen LogP contribution in [0.5, 0.6) is 0 Å². The molecule has 2 rings (SSSR count). The third-order valence-corrected chi connectivity index (χ3v) is 5.20. The fourth-order valence-electron chi connectivity index (χ4n) is 2.32. The molecular weight excluding hydrogens is 272 g/mol. The number of esters is 1. The Kier molecular flexibility index (Phi) is 4.77. The van der Waals surface area contributed by atoms with Gasteiger partial charge in [-0.15, -0.1) is 0 Å². The van der Waals surface area contributed by atoms with Gasteiger partial charge < -0.3 is 4.74 Å². The monoisotopic (exact) mass is 292 g/mol. The zero-order chi connectivity index (χ0) is 13.9. The minimum absolute atomic E-state index is 0.189. The molecule has 8 heteroatoms. The number of hydrogen-bond donors (Lipinski definition) is 0. The maximum atomic E-state index is 12.2. The molecule has 0 saturated carbocycles. The number of rotatable bonds is 4.